The molecule has 78 valence electrons. The van der Waals surface area contributed by atoms with E-state index in [1.54, 1.807) is 0 Å². The van der Waals surface area contributed by atoms with Gasteiger partial charge in [0.05, 0.1) is 6.10 Å². The quantitative estimate of drug-likeness (QED) is 0.795. The van der Waals surface area contributed by atoms with Crippen LogP contribution in [0.5, 0.6) is 0 Å². The highest BCUT2D eigenvalue weighted by Crippen LogP contribution is 2.23. The van der Waals surface area contributed by atoms with Crippen LogP contribution in [0.4, 0.5) is 5.69 Å². The third-order valence-electron chi connectivity index (χ3n) is 2.36. The summed E-state index contributed by atoms with van der Waals surface area (Å²) in [6.07, 6.45) is -0.293. The Morgan fingerprint density at radius 2 is 1.79 bits per heavy atom. The van der Waals surface area contributed by atoms with Crippen molar-refractivity contribution in [2.75, 3.05) is 18.5 Å². The molecule has 1 N–H and O–H groups in total. The van der Waals surface area contributed by atoms with Gasteiger partial charge in [0.1, 0.15) is 0 Å². The van der Waals surface area contributed by atoms with Gasteiger partial charge in [0.15, 0.2) is 0 Å². The smallest absolute Gasteiger partial charge is 0.0686 e. The number of hydrogen-bond donors (Lipinski definition) is 1. The number of aliphatic hydroxyl groups is 1. The number of hydrogen-bond acceptors (Lipinski definition) is 2. The van der Waals surface area contributed by atoms with Gasteiger partial charge in [-0.2, -0.15) is 0 Å². The summed E-state index contributed by atoms with van der Waals surface area (Å²) in [5, 5.41) is 9.32. The van der Waals surface area contributed by atoms with Crippen LogP contribution >= 0.6 is 0 Å². The number of aryl methyl sites for hydroxylation is 2. The minimum Gasteiger partial charge on any atom is -0.392 e. The van der Waals surface area contributed by atoms with Crippen LogP contribution < -0.4 is 4.90 Å². The topological polar surface area (TPSA) is 23.5 Å². The number of aliphatic hydroxyl groups excluding tert-OH is 1. The Hall–Kier alpha value is -1.02. The molecule has 0 aliphatic rings. The van der Waals surface area contributed by atoms with E-state index in [1.807, 2.05) is 14.0 Å². The molecule has 1 aromatic rings. The SMILES string of the molecule is Cc1cccc(C)c1N(C)CC(C)O. The molecule has 0 aliphatic carbocycles. The third-order valence-corrected chi connectivity index (χ3v) is 2.36. The van der Waals surface area contributed by atoms with E-state index in [-0.39, 0.29) is 6.10 Å². The molecule has 0 fully saturated rings. The summed E-state index contributed by atoms with van der Waals surface area (Å²) < 4.78 is 0. The predicted octanol–water partition coefficient (Wildman–Crippen LogP) is 2.12. The fraction of sp³-hybridized carbons (Fsp3) is 0.500. The van der Waals surface area contributed by atoms with Gasteiger partial charge in [-0.25, -0.2) is 0 Å². The zero-order valence-electron chi connectivity index (χ0n) is 9.41. The molecule has 0 radical (unpaired) electrons. The first-order valence-electron chi connectivity index (χ1n) is 4.97. The molecule has 1 rings (SSSR count). The molecule has 0 heterocycles. The van der Waals surface area contributed by atoms with Gasteiger partial charge in [-0.3, -0.25) is 0 Å². The van der Waals surface area contributed by atoms with Crippen molar-refractivity contribution in [1.29, 1.82) is 0 Å². The summed E-state index contributed by atoms with van der Waals surface area (Å²) in [5.41, 5.74) is 3.75. The highest BCUT2D eigenvalue weighted by Gasteiger charge is 2.09. The van der Waals surface area contributed by atoms with Crippen LogP contribution in [0.25, 0.3) is 0 Å². The van der Waals surface area contributed by atoms with E-state index >= 15 is 0 Å². The first-order chi connectivity index (χ1) is 6.52. The number of anilines is 1. The molecular formula is C12H19NO. The van der Waals surface area contributed by atoms with Gasteiger partial charge < -0.3 is 10.0 Å². The first kappa shape index (κ1) is 11.1. The average Bonchev–Trinajstić information content (AvgIpc) is 2.01. The van der Waals surface area contributed by atoms with Crippen molar-refractivity contribution in [1.82, 2.24) is 0 Å². The van der Waals surface area contributed by atoms with Crippen molar-refractivity contribution >= 4 is 5.69 Å². The van der Waals surface area contributed by atoms with E-state index in [9.17, 15) is 5.11 Å². The fourth-order valence-corrected chi connectivity index (χ4v) is 1.90. The van der Waals surface area contributed by atoms with Gasteiger partial charge in [-0.05, 0) is 31.9 Å². The number of para-hydroxylation sites is 1. The molecule has 2 heteroatoms. The molecule has 1 aromatic carbocycles. The van der Waals surface area contributed by atoms with E-state index in [0.29, 0.717) is 6.54 Å². The molecule has 14 heavy (non-hydrogen) atoms. The Balaban J connectivity index is 2.94. The molecule has 2 nitrogen and oxygen atoms in total. The molecular weight excluding hydrogens is 174 g/mol. The van der Waals surface area contributed by atoms with Crippen LogP contribution in [-0.4, -0.2) is 24.8 Å². The van der Waals surface area contributed by atoms with Crippen LogP contribution in [-0.2, 0) is 0 Å². The summed E-state index contributed by atoms with van der Waals surface area (Å²) in [7, 11) is 2.02. The van der Waals surface area contributed by atoms with Crippen LogP contribution in [0.2, 0.25) is 0 Å². The molecule has 0 spiro atoms. The standard InChI is InChI=1S/C12H19NO/c1-9-6-5-7-10(2)12(9)13(4)8-11(3)14/h5-7,11,14H,8H2,1-4H3. The number of nitrogens with zero attached hydrogens (tertiary/aromatic N) is 1. The van der Waals surface area contributed by atoms with Crippen molar-refractivity contribution < 1.29 is 5.11 Å². The summed E-state index contributed by atoms with van der Waals surface area (Å²) in [6, 6.07) is 6.26. The Morgan fingerprint density at radius 1 is 1.29 bits per heavy atom. The Bertz CT molecular complexity index is 287. The van der Waals surface area contributed by atoms with E-state index in [2.05, 4.69) is 36.9 Å². The van der Waals surface area contributed by atoms with Gasteiger partial charge in [-0.15, -0.1) is 0 Å². The Kier molecular flexibility index (Phi) is 3.53. The van der Waals surface area contributed by atoms with Crippen molar-refractivity contribution in [3.8, 4) is 0 Å². The van der Waals surface area contributed by atoms with E-state index < -0.39 is 0 Å². The summed E-state index contributed by atoms with van der Waals surface area (Å²) in [4.78, 5) is 2.11. The second-order valence-corrected chi connectivity index (χ2v) is 3.97. The molecule has 1 atom stereocenters. The van der Waals surface area contributed by atoms with Crippen LogP contribution in [0, 0.1) is 13.8 Å². The van der Waals surface area contributed by atoms with Crippen molar-refractivity contribution in [3.05, 3.63) is 29.3 Å². The van der Waals surface area contributed by atoms with Gasteiger partial charge in [0.25, 0.3) is 0 Å². The highest BCUT2D eigenvalue weighted by atomic mass is 16.3. The molecule has 0 aromatic heterocycles. The van der Waals surface area contributed by atoms with Gasteiger partial charge in [0.2, 0.25) is 0 Å². The van der Waals surface area contributed by atoms with E-state index in [4.69, 9.17) is 0 Å². The lowest BCUT2D eigenvalue weighted by atomic mass is 10.1. The maximum absolute atomic E-state index is 9.32. The molecule has 0 bridgehead atoms. The zero-order valence-corrected chi connectivity index (χ0v) is 9.41. The van der Waals surface area contributed by atoms with Crippen molar-refractivity contribution in [3.63, 3.8) is 0 Å². The largest absolute Gasteiger partial charge is 0.392 e. The molecule has 1 unspecified atom stereocenters. The summed E-state index contributed by atoms with van der Waals surface area (Å²) in [5.74, 6) is 0. The van der Waals surface area contributed by atoms with Gasteiger partial charge in [0, 0.05) is 19.3 Å². The number of benzene rings is 1. The Labute approximate surface area is 86.2 Å². The zero-order chi connectivity index (χ0) is 10.7. The maximum Gasteiger partial charge on any atom is 0.0686 e. The van der Waals surface area contributed by atoms with E-state index in [0.717, 1.165) is 0 Å². The second-order valence-electron chi connectivity index (χ2n) is 3.97. The highest BCUT2D eigenvalue weighted by molar-refractivity contribution is 5.58. The average molecular weight is 193 g/mol. The van der Waals surface area contributed by atoms with Crippen molar-refractivity contribution in [2.24, 2.45) is 0 Å². The normalized spacial score (nSPS) is 12.6. The predicted molar refractivity (Wildman–Crippen MR) is 60.9 cm³/mol. The maximum atomic E-state index is 9.32. The fourth-order valence-electron chi connectivity index (χ4n) is 1.90. The van der Waals surface area contributed by atoms with Crippen LogP contribution in [0.15, 0.2) is 18.2 Å². The van der Waals surface area contributed by atoms with Crippen LogP contribution in [0.3, 0.4) is 0 Å². The lowest BCUT2D eigenvalue weighted by Crippen LogP contribution is -2.28. The lowest BCUT2D eigenvalue weighted by molar-refractivity contribution is 0.201. The third kappa shape index (κ3) is 2.48. The Morgan fingerprint density at radius 3 is 2.21 bits per heavy atom. The molecule has 0 saturated carbocycles. The molecule has 0 aliphatic heterocycles. The first-order valence-corrected chi connectivity index (χ1v) is 4.97. The number of likely N-dealkylation sites (N-methyl/N-ethyl adjacent to an activating group) is 1. The van der Waals surface area contributed by atoms with Gasteiger partial charge >= 0.3 is 0 Å². The van der Waals surface area contributed by atoms with Crippen LogP contribution in [0.1, 0.15) is 18.1 Å². The second kappa shape index (κ2) is 4.47. The van der Waals surface area contributed by atoms with Gasteiger partial charge in [-0.1, -0.05) is 18.2 Å². The van der Waals surface area contributed by atoms with E-state index in [1.165, 1.54) is 16.8 Å². The minimum atomic E-state index is -0.293. The monoisotopic (exact) mass is 193 g/mol. The molecule has 0 amide bonds. The minimum absolute atomic E-state index is 0.293. The number of rotatable bonds is 3. The summed E-state index contributed by atoms with van der Waals surface area (Å²) in [6.45, 7) is 6.68. The lowest BCUT2D eigenvalue weighted by Gasteiger charge is -2.24. The molecule has 0 saturated heterocycles. The van der Waals surface area contributed by atoms with Crippen molar-refractivity contribution in [2.45, 2.75) is 26.9 Å². The summed E-state index contributed by atoms with van der Waals surface area (Å²) >= 11 is 0.